The first-order valence-corrected chi connectivity index (χ1v) is 17.6. The van der Waals surface area contributed by atoms with Gasteiger partial charge in [-0.25, -0.2) is 0 Å². The summed E-state index contributed by atoms with van der Waals surface area (Å²) in [5.41, 5.74) is 2.03. The van der Waals surface area contributed by atoms with Gasteiger partial charge in [-0.05, 0) is 19.8 Å². The SMILES string of the molecule is CC1=C2C(=O)NCCCCCCCCCCCCCCCCCCCCOCC2C(c2ccccc2)(c2ccccc2)O1. The predicted molar refractivity (Wildman–Crippen MR) is 178 cm³/mol. The van der Waals surface area contributed by atoms with Gasteiger partial charge in [0.1, 0.15) is 5.76 Å². The fourth-order valence-corrected chi connectivity index (χ4v) is 7.05. The number of amides is 1. The van der Waals surface area contributed by atoms with Gasteiger partial charge in [0.15, 0.2) is 5.60 Å². The Balaban J connectivity index is 1.46. The molecule has 1 N–H and O–H groups in total. The summed E-state index contributed by atoms with van der Waals surface area (Å²) in [6.07, 6.45) is 23.5. The van der Waals surface area contributed by atoms with Gasteiger partial charge in [-0.2, -0.15) is 0 Å². The largest absolute Gasteiger partial charge is 0.481 e. The van der Waals surface area contributed by atoms with Crippen LogP contribution in [-0.4, -0.2) is 25.7 Å². The lowest BCUT2D eigenvalue weighted by molar-refractivity contribution is -0.118. The van der Waals surface area contributed by atoms with Gasteiger partial charge in [-0.1, -0.05) is 163 Å². The molecule has 4 rings (SSSR count). The van der Waals surface area contributed by atoms with Crippen molar-refractivity contribution in [3.05, 3.63) is 83.1 Å². The van der Waals surface area contributed by atoms with E-state index in [1.54, 1.807) is 0 Å². The Bertz CT molecular complexity index is 1040. The third-order valence-electron chi connectivity index (χ3n) is 9.47. The zero-order valence-electron chi connectivity index (χ0n) is 26.9. The molecule has 0 saturated carbocycles. The van der Waals surface area contributed by atoms with Crippen LogP contribution in [-0.2, 0) is 19.9 Å². The zero-order chi connectivity index (χ0) is 30.0. The summed E-state index contributed by atoms with van der Waals surface area (Å²) in [6, 6.07) is 20.8. The maximum Gasteiger partial charge on any atom is 0.251 e. The third kappa shape index (κ3) is 9.96. The molecular formula is C39H57NO3. The Morgan fingerprint density at radius 3 is 1.49 bits per heavy atom. The van der Waals surface area contributed by atoms with Crippen LogP contribution in [0.3, 0.4) is 0 Å². The van der Waals surface area contributed by atoms with Gasteiger partial charge in [0.2, 0.25) is 0 Å². The van der Waals surface area contributed by atoms with Crippen LogP contribution in [0.25, 0.3) is 0 Å². The van der Waals surface area contributed by atoms with Gasteiger partial charge < -0.3 is 14.8 Å². The van der Waals surface area contributed by atoms with Crippen molar-refractivity contribution in [2.24, 2.45) is 5.92 Å². The topological polar surface area (TPSA) is 47.6 Å². The van der Waals surface area contributed by atoms with E-state index in [-0.39, 0.29) is 11.8 Å². The van der Waals surface area contributed by atoms with Crippen LogP contribution in [0.5, 0.6) is 0 Å². The van der Waals surface area contributed by atoms with E-state index in [0.717, 1.165) is 29.5 Å². The molecule has 1 amide bonds. The van der Waals surface area contributed by atoms with Gasteiger partial charge in [-0.3, -0.25) is 4.79 Å². The Kier molecular flexibility index (Phi) is 14.7. The van der Waals surface area contributed by atoms with E-state index < -0.39 is 5.60 Å². The minimum atomic E-state index is -0.804. The van der Waals surface area contributed by atoms with E-state index >= 15 is 0 Å². The maximum atomic E-state index is 13.8. The summed E-state index contributed by atoms with van der Waals surface area (Å²) in [4.78, 5) is 13.8. The molecule has 0 spiro atoms. The zero-order valence-corrected chi connectivity index (χ0v) is 26.9. The molecule has 2 aromatic rings. The maximum absolute atomic E-state index is 13.8. The smallest absolute Gasteiger partial charge is 0.251 e. The average Bonchev–Trinajstić information content (AvgIpc) is 3.34. The molecule has 2 heterocycles. The number of benzene rings is 2. The lowest BCUT2D eigenvalue weighted by Crippen LogP contribution is -2.41. The second kappa shape index (κ2) is 18.9. The van der Waals surface area contributed by atoms with Gasteiger partial charge in [-0.15, -0.1) is 0 Å². The number of hydrogen-bond acceptors (Lipinski definition) is 3. The van der Waals surface area contributed by atoms with Crippen molar-refractivity contribution in [3.63, 3.8) is 0 Å². The van der Waals surface area contributed by atoms with E-state index in [1.807, 2.05) is 19.1 Å². The first-order chi connectivity index (χ1) is 21.2. The highest BCUT2D eigenvalue weighted by Crippen LogP contribution is 2.51. The molecule has 4 heteroatoms. The van der Waals surface area contributed by atoms with Crippen molar-refractivity contribution in [2.45, 2.75) is 128 Å². The summed E-state index contributed by atoms with van der Waals surface area (Å²) in [5.74, 6) is 0.448. The molecule has 0 aliphatic carbocycles. The molecule has 4 nitrogen and oxygen atoms in total. The lowest BCUT2D eigenvalue weighted by atomic mass is 9.74. The number of hydrogen-bond donors (Lipinski definition) is 1. The molecule has 1 atom stereocenters. The van der Waals surface area contributed by atoms with Crippen LogP contribution < -0.4 is 5.32 Å². The van der Waals surface area contributed by atoms with Gasteiger partial charge in [0.05, 0.1) is 18.1 Å². The van der Waals surface area contributed by atoms with Crippen molar-refractivity contribution in [2.75, 3.05) is 19.8 Å². The second-order valence-corrected chi connectivity index (χ2v) is 12.8. The van der Waals surface area contributed by atoms with E-state index in [2.05, 4.69) is 53.8 Å². The van der Waals surface area contributed by atoms with Crippen LogP contribution in [0.2, 0.25) is 0 Å². The summed E-state index contributed by atoms with van der Waals surface area (Å²) >= 11 is 0. The fourth-order valence-electron chi connectivity index (χ4n) is 7.05. The molecule has 0 bridgehead atoms. The van der Waals surface area contributed by atoms with Gasteiger partial charge in [0, 0.05) is 24.3 Å². The van der Waals surface area contributed by atoms with Crippen LogP contribution in [0, 0.1) is 5.92 Å². The predicted octanol–water partition coefficient (Wildman–Crippen LogP) is 10.0. The highest BCUT2D eigenvalue weighted by atomic mass is 16.5. The molecule has 0 radical (unpaired) electrons. The number of ether oxygens (including phenoxy) is 2. The number of allylic oxidation sites excluding steroid dienone is 1. The van der Waals surface area contributed by atoms with E-state index in [0.29, 0.717) is 25.5 Å². The van der Waals surface area contributed by atoms with E-state index in [1.165, 1.54) is 103 Å². The fraction of sp³-hybridized carbons (Fsp3) is 0.615. The van der Waals surface area contributed by atoms with E-state index in [4.69, 9.17) is 9.47 Å². The third-order valence-corrected chi connectivity index (χ3v) is 9.47. The van der Waals surface area contributed by atoms with Gasteiger partial charge in [0.25, 0.3) is 5.91 Å². The minimum Gasteiger partial charge on any atom is -0.481 e. The Labute approximate surface area is 262 Å². The second-order valence-electron chi connectivity index (χ2n) is 12.8. The Morgan fingerprint density at radius 1 is 0.605 bits per heavy atom. The van der Waals surface area contributed by atoms with Gasteiger partial charge >= 0.3 is 0 Å². The number of carbonyl (C=O) groups excluding carboxylic acids is 1. The number of nitrogens with one attached hydrogen (secondary N) is 1. The van der Waals surface area contributed by atoms with Crippen molar-refractivity contribution in [3.8, 4) is 0 Å². The molecular weight excluding hydrogens is 530 g/mol. The molecule has 2 aliphatic rings. The summed E-state index contributed by atoms with van der Waals surface area (Å²) in [5, 5.41) is 3.25. The normalized spacial score (nSPS) is 23.1. The molecule has 1 fully saturated rings. The number of rotatable bonds is 2. The van der Waals surface area contributed by atoms with Crippen molar-refractivity contribution in [1.29, 1.82) is 0 Å². The first-order valence-electron chi connectivity index (χ1n) is 17.6. The molecule has 236 valence electrons. The first kappa shape index (κ1) is 33.3. The molecule has 43 heavy (non-hydrogen) atoms. The molecule has 2 aliphatic heterocycles. The summed E-state index contributed by atoms with van der Waals surface area (Å²) < 4.78 is 13.3. The van der Waals surface area contributed by atoms with Crippen LogP contribution >= 0.6 is 0 Å². The van der Waals surface area contributed by atoms with E-state index in [9.17, 15) is 4.79 Å². The Hall–Kier alpha value is -2.59. The van der Waals surface area contributed by atoms with Crippen LogP contribution in [0.1, 0.15) is 134 Å². The quantitative estimate of drug-likeness (QED) is 0.380. The minimum absolute atomic E-state index is 0.0127. The highest BCUT2D eigenvalue weighted by Gasteiger charge is 2.53. The monoisotopic (exact) mass is 587 g/mol. The van der Waals surface area contributed by atoms with Crippen molar-refractivity contribution in [1.82, 2.24) is 5.32 Å². The number of carbonyl (C=O) groups is 1. The highest BCUT2D eigenvalue weighted by molar-refractivity contribution is 5.95. The average molecular weight is 588 g/mol. The van der Waals surface area contributed by atoms with Crippen molar-refractivity contribution < 1.29 is 14.3 Å². The molecule has 0 aromatic heterocycles. The molecule has 2 aromatic carbocycles. The standard InChI is InChI=1S/C39H57NO3/c1-33-37-36(39(43-33,34-26-20-18-21-27-34)35-28-22-19-23-29-35)32-42-31-25-17-15-13-11-9-7-5-3-2-4-6-8-10-12-14-16-24-30-40-38(37)41/h18-23,26-29,36H,2-17,24-25,30-32H2,1H3,(H,40,41). The van der Waals surface area contributed by atoms with Crippen LogP contribution in [0.4, 0.5) is 0 Å². The summed E-state index contributed by atoms with van der Waals surface area (Å²) in [7, 11) is 0. The molecule has 1 saturated heterocycles. The van der Waals surface area contributed by atoms with Crippen LogP contribution in [0.15, 0.2) is 72.0 Å². The number of fused-ring (bicyclic) bond motifs is 1. The lowest BCUT2D eigenvalue weighted by Gasteiger charge is -2.37. The Morgan fingerprint density at radius 2 is 1.02 bits per heavy atom. The van der Waals surface area contributed by atoms with Crippen molar-refractivity contribution >= 4 is 5.91 Å². The molecule has 1 unspecified atom stereocenters. The summed E-state index contributed by atoms with van der Waals surface area (Å²) in [6.45, 7) is 3.81.